The highest BCUT2D eigenvalue weighted by molar-refractivity contribution is 6.42. The Hall–Kier alpha value is -2.03. The van der Waals surface area contributed by atoms with Gasteiger partial charge in [-0.25, -0.2) is 9.18 Å². The second-order valence-corrected chi connectivity index (χ2v) is 7.80. The van der Waals surface area contributed by atoms with Gasteiger partial charge in [-0.05, 0) is 35.4 Å². The minimum Gasteiger partial charge on any atom is -0.334 e. The summed E-state index contributed by atoms with van der Waals surface area (Å²) >= 11 is 12.0. The summed E-state index contributed by atoms with van der Waals surface area (Å²) in [5.41, 5.74) is -0.0468. The molecule has 0 spiro atoms. The summed E-state index contributed by atoms with van der Waals surface area (Å²) in [7, 11) is 0. The zero-order valence-electron chi connectivity index (χ0n) is 15.8. The Kier molecular flexibility index (Phi) is 7.10. The third-order valence-electron chi connectivity index (χ3n) is 4.83. The van der Waals surface area contributed by atoms with Crippen LogP contribution in [-0.2, 0) is 19.3 Å². The van der Waals surface area contributed by atoms with Crippen molar-refractivity contribution in [1.29, 1.82) is 0 Å². The first kappa shape index (κ1) is 22.7. The molecule has 162 valence electrons. The molecule has 4 nitrogen and oxygen atoms in total. The number of carbonyl (C=O) groups excluding carboxylic acids is 1. The molecular formula is C20H19Cl2F4N3O. The number of alkyl halides is 3. The van der Waals surface area contributed by atoms with E-state index in [1.165, 1.54) is 0 Å². The minimum absolute atomic E-state index is 0.0582. The van der Waals surface area contributed by atoms with Gasteiger partial charge in [-0.2, -0.15) is 13.2 Å². The molecule has 30 heavy (non-hydrogen) atoms. The Morgan fingerprint density at radius 2 is 1.63 bits per heavy atom. The van der Waals surface area contributed by atoms with Crippen LogP contribution in [0.25, 0.3) is 0 Å². The van der Waals surface area contributed by atoms with Crippen LogP contribution < -0.4 is 5.32 Å². The smallest absolute Gasteiger partial charge is 0.334 e. The molecule has 1 aliphatic rings. The van der Waals surface area contributed by atoms with Gasteiger partial charge in [0.05, 0.1) is 15.6 Å². The van der Waals surface area contributed by atoms with Crippen LogP contribution in [0.5, 0.6) is 0 Å². The number of nitrogens with zero attached hydrogens (tertiary/aromatic N) is 2. The van der Waals surface area contributed by atoms with E-state index in [2.05, 4.69) is 10.2 Å². The summed E-state index contributed by atoms with van der Waals surface area (Å²) in [4.78, 5) is 16.1. The van der Waals surface area contributed by atoms with Crippen LogP contribution in [0.3, 0.4) is 0 Å². The number of carbonyl (C=O) groups is 1. The molecule has 2 amide bonds. The molecule has 0 unspecified atom stereocenters. The van der Waals surface area contributed by atoms with Gasteiger partial charge < -0.3 is 10.2 Å². The lowest BCUT2D eigenvalue weighted by Gasteiger charge is -2.34. The fourth-order valence-corrected chi connectivity index (χ4v) is 3.51. The number of benzene rings is 2. The second kappa shape index (κ2) is 9.41. The lowest BCUT2D eigenvalue weighted by atomic mass is 10.1. The number of halogens is 6. The summed E-state index contributed by atoms with van der Waals surface area (Å²) < 4.78 is 51.5. The molecule has 3 rings (SSSR count). The Balaban J connectivity index is 1.47. The van der Waals surface area contributed by atoms with Crippen LogP contribution in [0.1, 0.15) is 16.7 Å². The first-order valence-electron chi connectivity index (χ1n) is 9.18. The van der Waals surface area contributed by atoms with E-state index in [1.54, 1.807) is 11.0 Å². The number of hydrogen-bond donors (Lipinski definition) is 1. The maximum Gasteiger partial charge on any atom is 0.419 e. The van der Waals surface area contributed by atoms with Crippen molar-refractivity contribution in [2.45, 2.75) is 19.3 Å². The third-order valence-corrected chi connectivity index (χ3v) is 5.57. The van der Waals surface area contributed by atoms with Crippen molar-refractivity contribution in [3.63, 3.8) is 0 Å². The molecule has 2 aromatic rings. The van der Waals surface area contributed by atoms with Gasteiger partial charge in [-0.3, -0.25) is 4.90 Å². The minimum atomic E-state index is -4.75. The standard InChI is InChI=1S/C20H19Cl2F4N3O/c21-16-4-2-14(9-17(16)22)12-28-5-7-29(8-6-28)19(30)27-11-13-1-3-15(18(23)10-13)20(24,25)26/h1-4,9-10H,5-8,11-12H2,(H,27,30). The summed E-state index contributed by atoms with van der Waals surface area (Å²) in [6, 6.07) is 7.73. The largest absolute Gasteiger partial charge is 0.419 e. The van der Waals surface area contributed by atoms with E-state index in [0.717, 1.165) is 17.7 Å². The molecule has 1 heterocycles. The summed E-state index contributed by atoms with van der Waals surface area (Å²) in [6.07, 6.45) is -4.75. The molecule has 0 bridgehead atoms. The van der Waals surface area contributed by atoms with Gasteiger partial charge in [0.15, 0.2) is 0 Å². The molecule has 0 aromatic heterocycles. The van der Waals surface area contributed by atoms with Crippen molar-refractivity contribution in [2.75, 3.05) is 26.2 Å². The molecule has 2 aromatic carbocycles. The SMILES string of the molecule is O=C(NCc1ccc(C(F)(F)F)c(F)c1)N1CCN(Cc2ccc(Cl)c(Cl)c2)CC1. The van der Waals surface area contributed by atoms with E-state index in [0.29, 0.717) is 48.8 Å². The van der Waals surface area contributed by atoms with Gasteiger partial charge in [-0.1, -0.05) is 35.3 Å². The number of rotatable bonds is 4. The molecule has 0 atom stereocenters. The van der Waals surface area contributed by atoms with E-state index in [4.69, 9.17) is 23.2 Å². The van der Waals surface area contributed by atoms with Gasteiger partial charge in [-0.15, -0.1) is 0 Å². The lowest BCUT2D eigenvalue weighted by Crippen LogP contribution is -2.51. The normalized spacial score (nSPS) is 15.3. The highest BCUT2D eigenvalue weighted by Crippen LogP contribution is 2.31. The molecule has 10 heteroatoms. The summed E-state index contributed by atoms with van der Waals surface area (Å²) in [5, 5.41) is 3.61. The van der Waals surface area contributed by atoms with Crippen molar-refractivity contribution < 1.29 is 22.4 Å². The first-order valence-corrected chi connectivity index (χ1v) is 9.94. The fraction of sp³-hybridized carbons (Fsp3) is 0.350. The van der Waals surface area contributed by atoms with Crippen molar-refractivity contribution in [3.8, 4) is 0 Å². The molecule has 0 radical (unpaired) electrons. The van der Waals surface area contributed by atoms with E-state index in [-0.39, 0.29) is 18.1 Å². The summed E-state index contributed by atoms with van der Waals surface area (Å²) in [5.74, 6) is -1.36. The monoisotopic (exact) mass is 463 g/mol. The Bertz CT molecular complexity index is 915. The van der Waals surface area contributed by atoms with E-state index in [9.17, 15) is 22.4 Å². The third kappa shape index (κ3) is 5.77. The van der Waals surface area contributed by atoms with Crippen LogP contribution in [-0.4, -0.2) is 42.0 Å². The van der Waals surface area contributed by atoms with Crippen molar-refractivity contribution in [2.24, 2.45) is 0 Å². The predicted octanol–water partition coefficient (Wildman–Crippen LogP) is 5.18. The molecule has 1 saturated heterocycles. The predicted molar refractivity (Wildman–Crippen MR) is 107 cm³/mol. The molecule has 0 aliphatic carbocycles. The highest BCUT2D eigenvalue weighted by atomic mass is 35.5. The summed E-state index contributed by atoms with van der Waals surface area (Å²) in [6.45, 7) is 2.92. The van der Waals surface area contributed by atoms with Gasteiger partial charge in [0.25, 0.3) is 0 Å². The number of hydrogen-bond acceptors (Lipinski definition) is 2. The Morgan fingerprint density at radius 3 is 2.23 bits per heavy atom. The number of urea groups is 1. The van der Waals surface area contributed by atoms with Crippen LogP contribution in [0.2, 0.25) is 10.0 Å². The fourth-order valence-electron chi connectivity index (χ4n) is 3.19. The van der Waals surface area contributed by atoms with E-state index >= 15 is 0 Å². The molecular weight excluding hydrogens is 445 g/mol. The maximum atomic E-state index is 13.6. The van der Waals surface area contributed by atoms with E-state index < -0.39 is 17.6 Å². The average molecular weight is 464 g/mol. The van der Waals surface area contributed by atoms with Gasteiger partial charge in [0, 0.05) is 39.3 Å². The molecule has 1 fully saturated rings. The number of nitrogens with one attached hydrogen (secondary N) is 1. The average Bonchev–Trinajstić information content (AvgIpc) is 2.68. The van der Waals surface area contributed by atoms with Crippen LogP contribution in [0.4, 0.5) is 22.4 Å². The van der Waals surface area contributed by atoms with Gasteiger partial charge in [0.2, 0.25) is 0 Å². The van der Waals surface area contributed by atoms with Crippen molar-refractivity contribution in [3.05, 3.63) is 69.0 Å². The lowest BCUT2D eigenvalue weighted by molar-refractivity contribution is -0.140. The van der Waals surface area contributed by atoms with Gasteiger partial charge >= 0.3 is 12.2 Å². The quantitative estimate of drug-likeness (QED) is 0.634. The van der Waals surface area contributed by atoms with Gasteiger partial charge in [0.1, 0.15) is 5.82 Å². The molecule has 1 N–H and O–H groups in total. The Morgan fingerprint density at radius 1 is 0.967 bits per heavy atom. The molecule has 0 saturated carbocycles. The molecule has 1 aliphatic heterocycles. The van der Waals surface area contributed by atoms with Crippen molar-refractivity contribution in [1.82, 2.24) is 15.1 Å². The Labute approximate surface area is 181 Å². The van der Waals surface area contributed by atoms with Crippen LogP contribution in [0, 0.1) is 5.82 Å². The van der Waals surface area contributed by atoms with Crippen molar-refractivity contribution >= 4 is 29.2 Å². The first-order chi connectivity index (χ1) is 14.1. The number of amides is 2. The van der Waals surface area contributed by atoms with Crippen LogP contribution in [0.15, 0.2) is 36.4 Å². The number of piperazine rings is 1. The maximum absolute atomic E-state index is 13.6. The topological polar surface area (TPSA) is 35.6 Å². The highest BCUT2D eigenvalue weighted by Gasteiger charge is 2.33. The zero-order valence-corrected chi connectivity index (χ0v) is 17.3. The van der Waals surface area contributed by atoms with Crippen LogP contribution >= 0.6 is 23.2 Å². The second-order valence-electron chi connectivity index (χ2n) is 6.98. The van der Waals surface area contributed by atoms with E-state index in [1.807, 2.05) is 12.1 Å². The zero-order chi connectivity index (χ0) is 21.9.